The molecule has 124 valence electrons. The minimum absolute atomic E-state index is 0. The molecule has 0 aliphatic heterocycles. The van der Waals surface area contributed by atoms with Crippen molar-refractivity contribution in [2.75, 3.05) is 32.7 Å². The molecule has 0 saturated carbocycles. The van der Waals surface area contributed by atoms with Gasteiger partial charge in [0.2, 0.25) is 0 Å². The second-order valence-corrected chi connectivity index (χ2v) is 4.02. The quantitative estimate of drug-likeness (QED) is 0.310. The number of aliphatic carboxylic acids is 3. The Morgan fingerprint density at radius 1 is 0.762 bits per heavy atom. The molecule has 0 rings (SSSR count). The van der Waals surface area contributed by atoms with Crippen molar-refractivity contribution in [3.8, 4) is 0 Å². The monoisotopic (exact) mass is 346 g/mol. The van der Waals surface area contributed by atoms with E-state index in [4.69, 9.17) is 15.3 Å². The maximum absolute atomic E-state index is 10.5. The number of carboxylic acids is 3. The van der Waals surface area contributed by atoms with E-state index in [-0.39, 0.29) is 55.2 Å². The van der Waals surface area contributed by atoms with Gasteiger partial charge in [-0.1, -0.05) is 0 Å². The Kier molecular flexibility index (Phi) is 18.0. The molecule has 0 aliphatic rings. The summed E-state index contributed by atoms with van der Waals surface area (Å²) in [5, 5.41) is 28.5. The molecule has 0 amide bonds. The SMILES string of the molecule is O.O=C(O)CCNCCN(CCC(=O)O)CCC(=O)O.[Cr]. The average Bonchev–Trinajstić information content (AvgIpc) is 2.30. The first-order valence-corrected chi connectivity index (χ1v) is 6.00. The maximum Gasteiger partial charge on any atom is 0.304 e. The number of hydrogen-bond acceptors (Lipinski definition) is 5. The summed E-state index contributed by atoms with van der Waals surface area (Å²) in [6.45, 7) is 1.88. The number of hydrogen-bond donors (Lipinski definition) is 4. The number of nitrogens with one attached hydrogen (secondary N) is 1. The largest absolute Gasteiger partial charge is 0.481 e. The van der Waals surface area contributed by atoms with Crippen molar-refractivity contribution < 1.29 is 52.5 Å². The van der Waals surface area contributed by atoms with E-state index in [1.54, 1.807) is 4.90 Å². The molecule has 0 radical (unpaired) electrons. The van der Waals surface area contributed by atoms with Crippen LogP contribution in [0, 0.1) is 0 Å². The van der Waals surface area contributed by atoms with Crippen LogP contribution >= 0.6 is 0 Å². The second kappa shape index (κ2) is 15.2. The predicted octanol–water partition coefficient (Wildman–Crippen LogP) is -1.53. The molecule has 0 heterocycles. The van der Waals surface area contributed by atoms with Gasteiger partial charge in [0.05, 0.1) is 19.3 Å². The summed E-state index contributed by atoms with van der Waals surface area (Å²) >= 11 is 0. The zero-order chi connectivity index (χ0) is 14.7. The first-order valence-electron chi connectivity index (χ1n) is 6.00. The summed E-state index contributed by atoms with van der Waals surface area (Å²) in [7, 11) is 0. The van der Waals surface area contributed by atoms with E-state index in [0.29, 0.717) is 19.6 Å². The van der Waals surface area contributed by atoms with E-state index >= 15 is 0 Å². The Bertz CT molecular complexity index is 297. The van der Waals surface area contributed by atoms with Crippen LogP contribution in [-0.4, -0.2) is 76.3 Å². The van der Waals surface area contributed by atoms with Gasteiger partial charge in [0.15, 0.2) is 0 Å². The molecular weight excluding hydrogens is 324 g/mol. The zero-order valence-corrected chi connectivity index (χ0v) is 12.9. The van der Waals surface area contributed by atoms with Crippen molar-refractivity contribution in [2.24, 2.45) is 0 Å². The molecule has 0 saturated heterocycles. The summed E-state index contributed by atoms with van der Waals surface area (Å²) < 4.78 is 0. The van der Waals surface area contributed by atoms with Gasteiger partial charge in [0.1, 0.15) is 0 Å². The molecule has 0 aliphatic carbocycles. The standard InChI is InChI=1S/C11H20N2O6.Cr.H2O/c14-9(15)1-4-12-5-8-13(6-2-10(16)17)7-3-11(18)19;;/h12H,1-8H2,(H,14,15)(H,16,17)(H,18,19);;1H2. The molecule has 9 nitrogen and oxygen atoms in total. The van der Waals surface area contributed by atoms with E-state index in [9.17, 15) is 14.4 Å². The third kappa shape index (κ3) is 18.8. The van der Waals surface area contributed by atoms with Crippen molar-refractivity contribution in [1.29, 1.82) is 0 Å². The van der Waals surface area contributed by atoms with Gasteiger partial charge in [-0.25, -0.2) is 0 Å². The smallest absolute Gasteiger partial charge is 0.304 e. The van der Waals surface area contributed by atoms with Crippen LogP contribution < -0.4 is 5.32 Å². The Hall–Kier alpha value is -1.18. The molecule has 0 aromatic heterocycles. The van der Waals surface area contributed by atoms with Crippen LogP contribution in [-0.2, 0) is 31.7 Å². The van der Waals surface area contributed by atoms with Crippen LogP contribution in [0.1, 0.15) is 19.3 Å². The van der Waals surface area contributed by atoms with Gasteiger partial charge in [0.25, 0.3) is 0 Å². The molecule has 0 aromatic rings. The van der Waals surface area contributed by atoms with Gasteiger partial charge in [-0.3, -0.25) is 14.4 Å². The molecule has 0 fully saturated rings. The normalized spacial score (nSPS) is 9.57. The number of rotatable bonds is 12. The van der Waals surface area contributed by atoms with Crippen molar-refractivity contribution in [3.05, 3.63) is 0 Å². The van der Waals surface area contributed by atoms with E-state index in [2.05, 4.69) is 5.32 Å². The third-order valence-electron chi connectivity index (χ3n) is 2.40. The summed E-state index contributed by atoms with van der Waals surface area (Å²) in [5.74, 6) is -2.75. The van der Waals surface area contributed by atoms with Crippen LogP contribution in [0.25, 0.3) is 0 Å². The number of carboxylic acid groups (broad SMARTS) is 3. The first-order chi connectivity index (χ1) is 8.91. The van der Waals surface area contributed by atoms with Crippen LogP contribution in [0.3, 0.4) is 0 Å². The van der Waals surface area contributed by atoms with Gasteiger partial charge in [-0.2, -0.15) is 0 Å². The fraction of sp³-hybridized carbons (Fsp3) is 0.727. The van der Waals surface area contributed by atoms with Gasteiger partial charge in [-0.05, 0) is 0 Å². The molecule has 0 spiro atoms. The van der Waals surface area contributed by atoms with Crippen molar-refractivity contribution in [1.82, 2.24) is 10.2 Å². The van der Waals surface area contributed by atoms with Gasteiger partial charge in [0, 0.05) is 50.1 Å². The summed E-state index contributed by atoms with van der Waals surface area (Å²) in [5.41, 5.74) is 0. The van der Waals surface area contributed by atoms with E-state index in [1.165, 1.54) is 0 Å². The minimum Gasteiger partial charge on any atom is -0.481 e. The second-order valence-electron chi connectivity index (χ2n) is 4.02. The molecular formula is C11H22CrN2O7. The molecule has 0 aromatic carbocycles. The van der Waals surface area contributed by atoms with E-state index in [0.717, 1.165) is 0 Å². The molecule has 6 N–H and O–H groups in total. The van der Waals surface area contributed by atoms with Gasteiger partial charge in [-0.15, -0.1) is 0 Å². The van der Waals surface area contributed by atoms with Crippen LogP contribution in [0.15, 0.2) is 0 Å². The summed E-state index contributed by atoms with van der Waals surface area (Å²) in [4.78, 5) is 32.9. The van der Waals surface area contributed by atoms with Crippen LogP contribution in [0.4, 0.5) is 0 Å². The topological polar surface area (TPSA) is 159 Å². The Labute approximate surface area is 133 Å². The van der Waals surface area contributed by atoms with Gasteiger partial charge < -0.3 is 31.0 Å². The average molecular weight is 346 g/mol. The Morgan fingerprint density at radius 3 is 1.57 bits per heavy atom. The van der Waals surface area contributed by atoms with Crippen LogP contribution in [0.5, 0.6) is 0 Å². The minimum atomic E-state index is -0.931. The number of nitrogens with zero attached hydrogens (tertiary/aromatic N) is 1. The summed E-state index contributed by atoms with van der Waals surface area (Å²) in [6, 6.07) is 0. The fourth-order valence-electron chi connectivity index (χ4n) is 1.40. The third-order valence-corrected chi connectivity index (χ3v) is 2.40. The van der Waals surface area contributed by atoms with Crippen molar-refractivity contribution in [2.45, 2.75) is 19.3 Å². The summed E-state index contributed by atoms with van der Waals surface area (Å²) in [6.07, 6.45) is -0.0757. The predicted molar refractivity (Wildman–Crippen MR) is 69.7 cm³/mol. The van der Waals surface area contributed by atoms with Gasteiger partial charge >= 0.3 is 17.9 Å². The Balaban J connectivity index is -0.00000162. The molecule has 10 heteroatoms. The first kappa shape index (κ1) is 24.8. The zero-order valence-electron chi connectivity index (χ0n) is 11.6. The van der Waals surface area contributed by atoms with Crippen LogP contribution in [0.2, 0.25) is 0 Å². The molecule has 0 unspecified atom stereocenters. The molecule has 0 atom stereocenters. The van der Waals surface area contributed by atoms with Crippen molar-refractivity contribution >= 4 is 17.9 Å². The van der Waals surface area contributed by atoms with E-state index in [1.807, 2.05) is 0 Å². The molecule has 21 heavy (non-hydrogen) atoms. The Morgan fingerprint density at radius 2 is 1.19 bits per heavy atom. The molecule has 0 bridgehead atoms. The maximum atomic E-state index is 10.5. The fourth-order valence-corrected chi connectivity index (χ4v) is 1.40. The number of carbonyl (C=O) groups is 3. The van der Waals surface area contributed by atoms with Crippen molar-refractivity contribution in [3.63, 3.8) is 0 Å². The van der Waals surface area contributed by atoms with E-state index < -0.39 is 17.9 Å².